The zero-order valence-corrected chi connectivity index (χ0v) is 11.7. The normalized spacial score (nSPS) is 26.9. The van der Waals surface area contributed by atoms with Crippen molar-refractivity contribution in [1.82, 2.24) is 9.88 Å². The Balaban J connectivity index is 2.05. The number of aromatic nitrogens is 1. The highest BCUT2D eigenvalue weighted by Crippen LogP contribution is 2.45. The molecule has 112 valence electrons. The summed E-state index contributed by atoms with van der Waals surface area (Å²) in [6.07, 6.45) is 3.09. The first kappa shape index (κ1) is 13.8. The molecule has 0 bridgehead atoms. The average molecular weight is 291 g/mol. The van der Waals surface area contributed by atoms with Gasteiger partial charge in [-0.05, 0) is 18.8 Å². The number of ether oxygens (including phenoxy) is 1. The highest BCUT2D eigenvalue weighted by Gasteiger charge is 2.49. The maximum absolute atomic E-state index is 11.9. The molecule has 1 fully saturated rings. The SMILES string of the molecule is COCC1CC2(CNC(=O)c3cc(=O)c(C(N)=O)cn32)C1. The molecular weight excluding hydrogens is 274 g/mol. The summed E-state index contributed by atoms with van der Waals surface area (Å²) >= 11 is 0. The number of amides is 2. The molecule has 1 aromatic rings. The maximum atomic E-state index is 11.9. The van der Waals surface area contributed by atoms with Crippen molar-refractivity contribution >= 4 is 11.8 Å². The van der Waals surface area contributed by atoms with Crippen molar-refractivity contribution in [2.45, 2.75) is 18.4 Å². The lowest BCUT2D eigenvalue weighted by atomic mass is 9.67. The summed E-state index contributed by atoms with van der Waals surface area (Å²) in [5.74, 6) is -0.664. The predicted molar refractivity (Wildman–Crippen MR) is 74.1 cm³/mol. The van der Waals surface area contributed by atoms with Gasteiger partial charge in [-0.25, -0.2) is 0 Å². The number of rotatable bonds is 3. The van der Waals surface area contributed by atoms with Crippen LogP contribution in [0, 0.1) is 5.92 Å². The molecule has 0 unspecified atom stereocenters. The van der Waals surface area contributed by atoms with Crippen LogP contribution >= 0.6 is 0 Å². The number of nitrogens with zero attached hydrogens (tertiary/aromatic N) is 1. The van der Waals surface area contributed by atoms with Gasteiger partial charge in [-0.15, -0.1) is 0 Å². The van der Waals surface area contributed by atoms with Gasteiger partial charge in [0.25, 0.3) is 11.8 Å². The third kappa shape index (κ3) is 2.04. The molecule has 1 aromatic heterocycles. The molecule has 0 radical (unpaired) electrons. The standard InChI is InChI=1S/C14H17N3O4/c1-21-6-8-3-14(4-8)7-16-13(20)10-2-11(18)9(12(15)19)5-17(10)14/h2,5,8H,3-4,6-7H2,1H3,(H2,15,19)(H,16,20). The van der Waals surface area contributed by atoms with Crippen LogP contribution in [0.3, 0.4) is 0 Å². The largest absolute Gasteiger partial charge is 0.384 e. The molecule has 0 saturated heterocycles. The average Bonchev–Trinajstić information content (AvgIpc) is 2.39. The fraction of sp³-hybridized carbons (Fsp3) is 0.500. The monoisotopic (exact) mass is 291 g/mol. The Morgan fingerprint density at radius 3 is 2.86 bits per heavy atom. The Hall–Kier alpha value is -2.15. The number of fused-ring (bicyclic) bond motifs is 2. The van der Waals surface area contributed by atoms with Crippen molar-refractivity contribution in [3.8, 4) is 0 Å². The van der Waals surface area contributed by atoms with Crippen LogP contribution in [0.15, 0.2) is 17.1 Å². The summed E-state index contributed by atoms with van der Waals surface area (Å²) in [6.45, 7) is 1.15. The Labute approximate surface area is 121 Å². The van der Waals surface area contributed by atoms with Crippen LogP contribution < -0.4 is 16.5 Å². The van der Waals surface area contributed by atoms with Gasteiger partial charge in [0, 0.05) is 32.5 Å². The lowest BCUT2D eigenvalue weighted by Crippen LogP contribution is -2.59. The highest BCUT2D eigenvalue weighted by molar-refractivity contribution is 5.96. The fourth-order valence-corrected chi connectivity index (χ4v) is 3.42. The topological polar surface area (TPSA) is 103 Å². The van der Waals surface area contributed by atoms with Gasteiger partial charge in [-0.1, -0.05) is 0 Å². The number of hydrogen-bond acceptors (Lipinski definition) is 4. The maximum Gasteiger partial charge on any atom is 0.268 e. The minimum absolute atomic E-state index is 0.0805. The molecule has 3 rings (SSSR count). The third-order valence-corrected chi connectivity index (χ3v) is 4.38. The molecule has 7 heteroatoms. The van der Waals surface area contributed by atoms with Crippen LogP contribution in [-0.2, 0) is 10.3 Å². The second-order valence-corrected chi connectivity index (χ2v) is 5.81. The molecule has 1 aliphatic carbocycles. The molecule has 2 amide bonds. The molecule has 7 nitrogen and oxygen atoms in total. The van der Waals surface area contributed by atoms with Gasteiger partial charge >= 0.3 is 0 Å². The molecule has 1 saturated carbocycles. The van der Waals surface area contributed by atoms with Gasteiger partial charge in [0.05, 0.1) is 5.54 Å². The number of carbonyl (C=O) groups is 2. The van der Waals surface area contributed by atoms with E-state index in [1.807, 2.05) is 0 Å². The van der Waals surface area contributed by atoms with Crippen molar-refractivity contribution in [1.29, 1.82) is 0 Å². The lowest BCUT2D eigenvalue weighted by Gasteiger charge is -2.52. The van der Waals surface area contributed by atoms with Crippen molar-refractivity contribution in [3.63, 3.8) is 0 Å². The molecule has 1 spiro atoms. The van der Waals surface area contributed by atoms with E-state index in [4.69, 9.17) is 10.5 Å². The minimum Gasteiger partial charge on any atom is -0.384 e. The number of pyridine rings is 1. The Morgan fingerprint density at radius 1 is 1.52 bits per heavy atom. The number of methoxy groups -OCH3 is 1. The number of carbonyl (C=O) groups excluding carboxylic acids is 2. The molecule has 0 atom stereocenters. The van der Waals surface area contributed by atoms with Crippen LogP contribution in [0.4, 0.5) is 0 Å². The van der Waals surface area contributed by atoms with Crippen LogP contribution in [0.2, 0.25) is 0 Å². The number of nitrogens with two attached hydrogens (primary N) is 1. The second kappa shape index (κ2) is 4.70. The van der Waals surface area contributed by atoms with Crippen LogP contribution in [0.5, 0.6) is 0 Å². The summed E-state index contributed by atoms with van der Waals surface area (Å²) in [7, 11) is 1.66. The zero-order valence-electron chi connectivity index (χ0n) is 11.7. The molecule has 0 aromatic carbocycles. The van der Waals surface area contributed by atoms with Gasteiger partial charge in [0.1, 0.15) is 11.3 Å². The van der Waals surface area contributed by atoms with E-state index in [1.54, 1.807) is 11.7 Å². The molecule has 3 N–H and O–H groups in total. The Bertz CT molecular complexity index is 673. The quantitative estimate of drug-likeness (QED) is 0.779. The lowest BCUT2D eigenvalue weighted by molar-refractivity contribution is 0.00314. The fourth-order valence-electron chi connectivity index (χ4n) is 3.42. The number of hydrogen-bond donors (Lipinski definition) is 2. The summed E-state index contributed by atoms with van der Waals surface area (Å²) in [5, 5.41) is 2.81. The van der Waals surface area contributed by atoms with E-state index >= 15 is 0 Å². The van der Waals surface area contributed by atoms with Crippen molar-refractivity contribution in [3.05, 3.63) is 33.7 Å². The summed E-state index contributed by atoms with van der Waals surface area (Å²) in [4.78, 5) is 35.2. The van der Waals surface area contributed by atoms with E-state index in [0.717, 1.165) is 12.8 Å². The smallest absolute Gasteiger partial charge is 0.268 e. The molecule has 2 aliphatic rings. The third-order valence-electron chi connectivity index (χ3n) is 4.38. The first-order valence-electron chi connectivity index (χ1n) is 6.81. The number of primary amides is 1. The predicted octanol–water partition coefficient (Wildman–Crippen LogP) is -0.558. The summed E-state index contributed by atoms with van der Waals surface area (Å²) in [6, 6.07) is 1.19. The molecular formula is C14H17N3O4. The molecule has 21 heavy (non-hydrogen) atoms. The van der Waals surface area contributed by atoms with E-state index in [9.17, 15) is 14.4 Å². The number of nitrogens with one attached hydrogen (secondary N) is 1. The van der Waals surface area contributed by atoms with Crippen LogP contribution in [0.25, 0.3) is 0 Å². The van der Waals surface area contributed by atoms with E-state index in [-0.39, 0.29) is 22.7 Å². The summed E-state index contributed by atoms with van der Waals surface area (Å²) < 4.78 is 6.90. The minimum atomic E-state index is -0.774. The van der Waals surface area contributed by atoms with E-state index in [1.165, 1.54) is 12.3 Å². The van der Waals surface area contributed by atoms with Gasteiger partial charge in [-0.2, -0.15) is 0 Å². The first-order chi connectivity index (χ1) is 9.97. The van der Waals surface area contributed by atoms with Gasteiger partial charge in [-0.3, -0.25) is 14.4 Å². The van der Waals surface area contributed by atoms with Gasteiger partial charge < -0.3 is 20.4 Å². The zero-order chi connectivity index (χ0) is 15.2. The van der Waals surface area contributed by atoms with Gasteiger partial charge in [0.15, 0.2) is 5.43 Å². The molecule has 1 aliphatic heterocycles. The van der Waals surface area contributed by atoms with Crippen molar-refractivity contribution < 1.29 is 14.3 Å². The van der Waals surface area contributed by atoms with Crippen molar-refractivity contribution in [2.24, 2.45) is 11.7 Å². The van der Waals surface area contributed by atoms with E-state index < -0.39 is 11.3 Å². The summed E-state index contributed by atoms with van der Waals surface area (Å²) in [5.41, 5.74) is 4.63. The van der Waals surface area contributed by atoms with Gasteiger partial charge in [0.2, 0.25) is 0 Å². The molecule has 2 heterocycles. The van der Waals surface area contributed by atoms with E-state index in [0.29, 0.717) is 19.1 Å². The first-order valence-corrected chi connectivity index (χ1v) is 6.81. The van der Waals surface area contributed by atoms with Crippen LogP contribution in [0.1, 0.15) is 33.7 Å². The second-order valence-electron chi connectivity index (χ2n) is 5.81. The Morgan fingerprint density at radius 2 is 2.24 bits per heavy atom. The van der Waals surface area contributed by atoms with Crippen LogP contribution in [-0.4, -0.2) is 36.6 Å². The van der Waals surface area contributed by atoms with Crippen molar-refractivity contribution in [2.75, 3.05) is 20.3 Å². The highest BCUT2D eigenvalue weighted by atomic mass is 16.5. The van der Waals surface area contributed by atoms with E-state index in [2.05, 4.69) is 5.32 Å². The Kier molecular flexibility index (Phi) is 3.09.